The second-order valence-electron chi connectivity index (χ2n) is 5.56. The van der Waals surface area contributed by atoms with Gasteiger partial charge in [-0.25, -0.2) is 8.42 Å². The minimum Gasteiger partial charge on any atom is -0.395 e. The number of hydrogen-bond acceptors (Lipinski definition) is 3. The molecule has 0 spiro atoms. The second kappa shape index (κ2) is 7.13. The molecule has 3 rings (SSSR count). The van der Waals surface area contributed by atoms with E-state index in [1.165, 1.54) is 4.31 Å². The highest BCUT2D eigenvalue weighted by atomic mass is 32.2. The SMILES string of the molecule is O=S(=O)(c1ccc2ccccc2c1)N(CCO)Cc1ccccc1. The fourth-order valence-corrected chi connectivity index (χ4v) is 4.11. The van der Waals surface area contributed by atoms with Gasteiger partial charge in [0.05, 0.1) is 11.5 Å². The first kappa shape index (κ1) is 16.6. The summed E-state index contributed by atoms with van der Waals surface area (Å²) in [6.07, 6.45) is 0. The van der Waals surface area contributed by atoms with Crippen molar-refractivity contribution in [3.63, 3.8) is 0 Å². The second-order valence-corrected chi connectivity index (χ2v) is 7.49. The van der Waals surface area contributed by atoms with Crippen LogP contribution in [-0.2, 0) is 16.6 Å². The minimum atomic E-state index is -3.68. The monoisotopic (exact) mass is 341 g/mol. The van der Waals surface area contributed by atoms with Crippen LogP contribution in [0.15, 0.2) is 77.7 Å². The van der Waals surface area contributed by atoms with Crippen LogP contribution in [-0.4, -0.2) is 31.0 Å². The van der Waals surface area contributed by atoms with Crippen molar-refractivity contribution in [2.24, 2.45) is 0 Å². The van der Waals surface area contributed by atoms with Crippen LogP contribution in [0.3, 0.4) is 0 Å². The zero-order valence-corrected chi connectivity index (χ0v) is 14.0. The van der Waals surface area contributed by atoms with Crippen molar-refractivity contribution in [1.82, 2.24) is 4.31 Å². The number of nitrogens with zero attached hydrogens (tertiary/aromatic N) is 1. The summed E-state index contributed by atoms with van der Waals surface area (Å²) in [6.45, 7) is 0.0697. The van der Waals surface area contributed by atoms with Gasteiger partial charge in [0.25, 0.3) is 0 Å². The van der Waals surface area contributed by atoms with E-state index in [9.17, 15) is 13.5 Å². The average molecular weight is 341 g/mol. The van der Waals surface area contributed by atoms with Gasteiger partial charge in [-0.3, -0.25) is 0 Å². The van der Waals surface area contributed by atoms with Crippen LogP contribution >= 0.6 is 0 Å². The Morgan fingerprint density at radius 2 is 1.50 bits per heavy atom. The number of fused-ring (bicyclic) bond motifs is 1. The molecule has 3 aromatic carbocycles. The molecule has 0 fully saturated rings. The van der Waals surface area contributed by atoms with E-state index in [1.807, 2.05) is 60.7 Å². The van der Waals surface area contributed by atoms with E-state index in [4.69, 9.17) is 0 Å². The van der Waals surface area contributed by atoms with Crippen LogP contribution in [0.2, 0.25) is 0 Å². The Hall–Kier alpha value is -2.21. The van der Waals surface area contributed by atoms with E-state index in [2.05, 4.69) is 0 Å². The summed E-state index contributed by atoms with van der Waals surface area (Å²) in [5, 5.41) is 11.2. The summed E-state index contributed by atoms with van der Waals surface area (Å²) in [4.78, 5) is 0.241. The standard InChI is InChI=1S/C19H19NO3S/c21-13-12-20(15-16-6-2-1-3-7-16)24(22,23)19-11-10-17-8-4-5-9-18(17)14-19/h1-11,14,21H,12-13,15H2. The van der Waals surface area contributed by atoms with Crippen molar-refractivity contribution in [2.75, 3.05) is 13.2 Å². The van der Waals surface area contributed by atoms with E-state index in [0.717, 1.165) is 16.3 Å². The summed E-state index contributed by atoms with van der Waals surface area (Å²) in [5.41, 5.74) is 0.885. The average Bonchev–Trinajstić information content (AvgIpc) is 2.62. The number of rotatable bonds is 6. The lowest BCUT2D eigenvalue weighted by Gasteiger charge is -2.21. The molecule has 0 aliphatic carbocycles. The zero-order valence-electron chi connectivity index (χ0n) is 13.2. The van der Waals surface area contributed by atoms with Gasteiger partial charge < -0.3 is 5.11 Å². The lowest BCUT2D eigenvalue weighted by atomic mass is 10.1. The van der Waals surface area contributed by atoms with Gasteiger partial charge in [-0.1, -0.05) is 60.7 Å². The molecule has 0 unspecified atom stereocenters. The van der Waals surface area contributed by atoms with Crippen molar-refractivity contribution in [3.05, 3.63) is 78.4 Å². The first-order valence-corrected chi connectivity index (χ1v) is 9.19. The summed E-state index contributed by atoms with van der Waals surface area (Å²) in [6, 6.07) is 22.1. The van der Waals surface area contributed by atoms with E-state index in [0.29, 0.717) is 0 Å². The summed E-state index contributed by atoms with van der Waals surface area (Å²) in [7, 11) is -3.68. The van der Waals surface area contributed by atoms with Crippen LogP contribution < -0.4 is 0 Å². The Morgan fingerprint density at radius 3 is 2.21 bits per heavy atom. The number of aliphatic hydroxyl groups is 1. The zero-order chi connectivity index (χ0) is 17.0. The third-order valence-electron chi connectivity index (χ3n) is 3.91. The molecule has 0 radical (unpaired) electrons. The third kappa shape index (κ3) is 3.48. The normalized spacial score (nSPS) is 11.9. The van der Waals surface area contributed by atoms with Gasteiger partial charge in [0.15, 0.2) is 0 Å². The van der Waals surface area contributed by atoms with Gasteiger partial charge in [-0.15, -0.1) is 0 Å². The van der Waals surface area contributed by atoms with Crippen molar-refractivity contribution in [2.45, 2.75) is 11.4 Å². The molecule has 0 saturated heterocycles. The summed E-state index contributed by atoms with van der Waals surface area (Å²) in [5.74, 6) is 0. The van der Waals surface area contributed by atoms with Gasteiger partial charge in [0.1, 0.15) is 0 Å². The van der Waals surface area contributed by atoms with E-state index < -0.39 is 10.0 Å². The number of aliphatic hydroxyl groups excluding tert-OH is 1. The quantitative estimate of drug-likeness (QED) is 0.750. The number of hydrogen-bond donors (Lipinski definition) is 1. The Labute approximate surface area is 142 Å². The third-order valence-corrected chi connectivity index (χ3v) is 5.75. The highest BCUT2D eigenvalue weighted by molar-refractivity contribution is 7.89. The molecule has 0 aliphatic rings. The van der Waals surface area contributed by atoms with E-state index in [-0.39, 0.29) is 24.6 Å². The topological polar surface area (TPSA) is 57.6 Å². The van der Waals surface area contributed by atoms with Gasteiger partial charge >= 0.3 is 0 Å². The lowest BCUT2D eigenvalue weighted by Crippen LogP contribution is -2.33. The maximum atomic E-state index is 13.0. The Kier molecular flexibility index (Phi) is 4.94. The molecule has 0 amide bonds. The van der Waals surface area contributed by atoms with Crippen LogP contribution in [0.1, 0.15) is 5.56 Å². The van der Waals surface area contributed by atoms with Gasteiger partial charge in [0.2, 0.25) is 10.0 Å². The maximum Gasteiger partial charge on any atom is 0.243 e. The van der Waals surface area contributed by atoms with Gasteiger partial charge in [-0.05, 0) is 28.5 Å². The Bertz CT molecular complexity index is 924. The smallest absolute Gasteiger partial charge is 0.243 e. The highest BCUT2D eigenvalue weighted by Gasteiger charge is 2.24. The van der Waals surface area contributed by atoms with E-state index >= 15 is 0 Å². The molecule has 0 aromatic heterocycles. The molecule has 0 heterocycles. The van der Waals surface area contributed by atoms with Crippen LogP contribution in [0.5, 0.6) is 0 Å². The molecule has 0 aliphatic heterocycles. The molecule has 3 aromatic rings. The molecule has 124 valence electrons. The van der Waals surface area contributed by atoms with Gasteiger partial charge in [-0.2, -0.15) is 4.31 Å². The molecule has 5 heteroatoms. The Morgan fingerprint density at radius 1 is 0.833 bits per heavy atom. The fraction of sp³-hybridized carbons (Fsp3) is 0.158. The Balaban J connectivity index is 1.97. The molecular weight excluding hydrogens is 322 g/mol. The molecule has 4 nitrogen and oxygen atoms in total. The van der Waals surface area contributed by atoms with Crippen molar-refractivity contribution in [3.8, 4) is 0 Å². The highest BCUT2D eigenvalue weighted by Crippen LogP contribution is 2.23. The number of benzene rings is 3. The van der Waals surface area contributed by atoms with Crippen LogP contribution in [0.25, 0.3) is 10.8 Å². The first-order valence-electron chi connectivity index (χ1n) is 7.75. The molecule has 0 atom stereocenters. The molecule has 24 heavy (non-hydrogen) atoms. The summed E-state index contributed by atoms with van der Waals surface area (Å²) >= 11 is 0. The fourth-order valence-electron chi connectivity index (χ4n) is 2.66. The molecule has 1 N–H and O–H groups in total. The van der Waals surface area contributed by atoms with E-state index in [1.54, 1.807) is 12.1 Å². The molecule has 0 bridgehead atoms. The van der Waals surface area contributed by atoms with Crippen LogP contribution in [0, 0.1) is 0 Å². The summed E-state index contributed by atoms with van der Waals surface area (Å²) < 4.78 is 27.3. The van der Waals surface area contributed by atoms with Crippen molar-refractivity contribution < 1.29 is 13.5 Å². The molecule has 0 saturated carbocycles. The predicted molar refractivity (Wildman–Crippen MR) is 95.1 cm³/mol. The minimum absolute atomic E-state index is 0.0596. The lowest BCUT2D eigenvalue weighted by molar-refractivity contribution is 0.251. The van der Waals surface area contributed by atoms with Gasteiger partial charge in [0, 0.05) is 13.1 Å². The maximum absolute atomic E-state index is 13.0. The van der Waals surface area contributed by atoms with Crippen molar-refractivity contribution in [1.29, 1.82) is 0 Å². The predicted octanol–water partition coefficient (Wildman–Crippen LogP) is 3.02. The first-order chi connectivity index (χ1) is 11.6. The largest absolute Gasteiger partial charge is 0.395 e. The van der Waals surface area contributed by atoms with Crippen LogP contribution in [0.4, 0.5) is 0 Å². The number of sulfonamides is 1. The van der Waals surface area contributed by atoms with Crippen molar-refractivity contribution >= 4 is 20.8 Å². The molecular formula is C19H19NO3S.